The molecule has 3 heteroatoms. The van der Waals surface area contributed by atoms with Crippen molar-refractivity contribution in [1.82, 2.24) is 0 Å². The first kappa shape index (κ1) is 29.9. The van der Waals surface area contributed by atoms with Gasteiger partial charge in [0.1, 0.15) is 0 Å². The van der Waals surface area contributed by atoms with Crippen LogP contribution in [0.3, 0.4) is 0 Å². The van der Waals surface area contributed by atoms with Crippen molar-refractivity contribution in [2.75, 3.05) is 0 Å². The lowest BCUT2D eigenvalue weighted by Crippen LogP contribution is -2.45. The first-order chi connectivity index (χ1) is 14.2. The van der Waals surface area contributed by atoms with E-state index in [0.29, 0.717) is 33.2 Å². The Hall–Kier alpha value is -1.11. The Balaban J connectivity index is 7.18. The SMILES string of the molecule is CC#C[Si](C#C[Si](C#C[Si](C#CC)(C(C)C)C(C)C)(C(C)C)C(C)C)(C(C)C)C(C)C. The van der Waals surface area contributed by atoms with Gasteiger partial charge in [-0.2, -0.15) is 0 Å². The van der Waals surface area contributed by atoms with E-state index in [9.17, 15) is 0 Å². The first-order valence-corrected chi connectivity index (χ1v) is 18.6. The molecule has 0 saturated heterocycles. The average molecular weight is 469 g/mol. The van der Waals surface area contributed by atoms with E-state index >= 15 is 0 Å². The highest BCUT2D eigenvalue weighted by atomic mass is 28.3. The van der Waals surface area contributed by atoms with Gasteiger partial charge in [-0.25, -0.2) is 0 Å². The molecule has 0 amide bonds. The van der Waals surface area contributed by atoms with Crippen LogP contribution in [0.4, 0.5) is 0 Å². The summed E-state index contributed by atoms with van der Waals surface area (Å²) in [5, 5.41) is 0. The summed E-state index contributed by atoms with van der Waals surface area (Å²) in [7, 11) is -6.31. The Bertz CT molecular complexity index is 740. The number of hydrogen-bond donors (Lipinski definition) is 0. The van der Waals surface area contributed by atoms with Gasteiger partial charge >= 0.3 is 0 Å². The summed E-state index contributed by atoms with van der Waals surface area (Å²) in [6, 6.07) is 0. The van der Waals surface area contributed by atoms with Crippen LogP contribution in [0.2, 0.25) is 33.2 Å². The van der Waals surface area contributed by atoms with Crippen LogP contribution in [0.15, 0.2) is 0 Å². The van der Waals surface area contributed by atoms with Crippen LogP contribution in [0.5, 0.6) is 0 Å². The summed E-state index contributed by atoms with van der Waals surface area (Å²) in [6.45, 7) is 31.8. The molecule has 0 N–H and O–H groups in total. The summed E-state index contributed by atoms with van der Waals surface area (Å²) in [5.74, 6) is 6.49. The zero-order valence-corrected chi connectivity index (χ0v) is 26.0. The maximum Gasteiger partial charge on any atom is 0.220 e. The average Bonchev–Trinajstić information content (AvgIpc) is 2.64. The molecule has 0 aromatic heterocycles. The molecule has 0 radical (unpaired) electrons. The zero-order valence-electron chi connectivity index (χ0n) is 23.0. The smallest absolute Gasteiger partial charge is 0.121 e. The summed E-state index contributed by atoms with van der Waals surface area (Å²) >= 11 is 0. The van der Waals surface area contributed by atoms with E-state index in [0.717, 1.165) is 0 Å². The molecule has 0 unspecified atom stereocenters. The standard InChI is InChI=1S/C28H48Si3/c1-15-17-29(23(3)4,24(5)6)19-21-31(27(11)12,28(13)14)22-20-30(18-16-2,25(7)8)26(9)10/h23-28H,1-14H3. The van der Waals surface area contributed by atoms with Gasteiger partial charge < -0.3 is 0 Å². The topological polar surface area (TPSA) is 0 Å². The molecule has 0 heterocycles. The zero-order chi connectivity index (χ0) is 24.6. The number of hydrogen-bond acceptors (Lipinski definition) is 0. The van der Waals surface area contributed by atoms with Gasteiger partial charge in [0.05, 0.1) is 0 Å². The third kappa shape index (κ3) is 6.45. The summed E-state index contributed by atoms with van der Waals surface area (Å²) in [4.78, 5) is 0. The molecule has 0 nitrogen and oxygen atoms in total. The van der Waals surface area contributed by atoms with Crippen molar-refractivity contribution in [1.29, 1.82) is 0 Å². The first-order valence-electron chi connectivity index (χ1n) is 12.2. The highest BCUT2D eigenvalue weighted by Gasteiger charge is 2.43. The predicted octanol–water partition coefficient (Wildman–Crippen LogP) is 8.08. The largest absolute Gasteiger partial charge is 0.220 e. The van der Waals surface area contributed by atoms with Crippen molar-refractivity contribution in [2.45, 2.75) is 130 Å². The van der Waals surface area contributed by atoms with Crippen LogP contribution >= 0.6 is 0 Å². The van der Waals surface area contributed by atoms with Gasteiger partial charge in [-0.05, 0) is 47.1 Å². The van der Waals surface area contributed by atoms with Crippen molar-refractivity contribution < 1.29 is 0 Å². The quantitative estimate of drug-likeness (QED) is 0.273. The second-order valence-corrected chi connectivity index (χ2v) is 24.4. The second-order valence-electron chi connectivity index (χ2n) is 10.8. The van der Waals surface area contributed by atoms with E-state index < -0.39 is 24.2 Å². The van der Waals surface area contributed by atoms with Crippen LogP contribution in [0.1, 0.15) is 96.9 Å². The molecule has 0 bridgehead atoms. The molecule has 31 heavy (non-hydrogen) atoms. The van der Waals surface area contributed by atoms with E-state index in [-0.39, 0.29) is 0 Å². The van der Waals surface area contributed by atoms with Crippen LogP contribution in [0.25, 0.3) is 0 Å². The van der Waals surface area contributed by atoms with E-state index in [1.807, 2.05) is 13.8 Å². The highest BCUT2D eigenvalue weighted by Crippen LogP contribution is 2.36. The normalized spacial score (nSPS) is 12.3. The van der Waals surface area contributed by atoms with Gasteiger partial charge in [0.25, 0.3) is 0 Å². The Morgan fingerprint density at radius 3 is 0.613 bits per heavy atom. The molecule has 0 aliphatic heterocycles. The molecular formula is C28H48Si3. The second kappa shape index (κ2) is 12.2. The molecule has 172 valence electrons. The van der Waals surface area contributed by atoms with E-state index in [1.54, 1.807) is 0 Å². The van der Waals surface area contributed by atoms with Crippen molar-refractivity contribution in [3.8, 4) is 45.1 Å². The molecule has 0 saturated carbocycles. The highest BCUT2D eigenvalue weighted by molar-refractivity contribution is 7.03. The van der Waals surface area contributed by atoms with Gasteiger partial charge in [0.2, 0.25) is 24.2 Å². The maximum atomic E-state index is 3.96. The van der Waals surface area contributed by atoms with Gasteiger partial charge in [0.15, 0.2) is 0 Å². The third-order valence-electron chi connectivity index (χ3n) is 7.08. The third-order valence-corrected chi connectivity index (χ3v) is 22.0. The predicted molar refractivity (Wildman–Crippen MR) is 150 cm³/mol. The van der Waals surface area contributed by atoms with E-state index in [2.05, 4.69) is 128 Å². The van der Waals surface area contributed by atoms with Crippen LogP contribution in [-0.4, -0.2) is 24.2 Å². The molecular weight excluding hydrogens is 421 g/mol. The van der Waals surface area contributed by atoms with Gasteiger partial charge in [-0.3, -0.25) is 0 Å². The van der Waals surface area contributed by atoms with Crippen molar-refractivity contribution >= 4 is 24.2 Å². The Morgan fingerprint density at radius 2 is 0.484 bits per heavy atom. The monoisotopic (exact) mass is 468 g/mol. The van der Waals surface area contributed by atoms with Gasteiger partial charge in [-0.1, -0.05) is 83.1 Å². The minimum atomic E-state index is -2.20. The Labute approximate surface area is 199 Å². The fourth-order valence-electron chi connectivity index (χ4n) is 4.65. The summed E-state index contributed by atoms with van der Waals surface area (Å²) < 4.78 is 0. The molecule has 0 rings (SSSR count). The number of rotatable bonds is 6. The fourth-order valence-corrected chi connectivity index (χ4v) is 16.4. The lowest BCUT2D eigenvalue weighted by atomic mass is 10.5. The molecule has 0 aromatic carbocycles. The maximum absolute atomic E-state index is 3.96. The summed E-state index contributed by atoms with van der Waals surface area (Å²) in [6.07, 6.45) is 0. The fraction of sp³-hybridized carbons (Fsp3) is 0.714. The molecule has 0 aromatic rings. The van der Waals surface area contributed by atoms with Crippen LogP contribution < -0.4 is 0 Å². The van der Waals surface area contributed by atoms with E-state index in [1.165, 1.54) is 0 Å². The molecule has 0 aliphatic rings. The lowest BCUT2D eigenvalue weighted by Gasteiger charge is -2.33. The molecule has 0 atom stereocenters. The molecule has 0 aliphatic carbocycles. The molecule has 0 spiro atoms. The molecule has 0 fully saturated rings. The Kier molecular flexibility index (Phi) is 11.8. The van der Waals surface area contributed by atoms with Gasteiger partial charge in [0, 0.05) is 0 Å². The Morgan fingerprint density at radius 1 is 0.323 bits per heavy atom. The minimum Gasteiger partial charge on any atom is -0.121 e. The van der Waals surface area contributed by atoms with Crippen molar-refractivity contribution in [3.63, 3.8) is 0 Å². The van der Waals surface area contributed by atoms with Crippen molar-refractivity contribution in [2.24, 2.45) is 0 Å². The van der Waals surface area contributed by atoms with Crippen LogP contribution in [-0.2, 0) is 0 Å². The van der Waals surface area contributed by atoms with E-state index in [4.69, 9.17) is 0 Å². The minimum absolute atomic E-state index is 0.480. The van der Waals surface area contributed by atoms with Gasteiger partial charge in [-0.15, -0.1) is 45.1 Å². The van der Waals surface area contributed by atoms with Crippen molar-refractivity contribution in [3.05, 3.63) is 0 Å². The lowest BCUT2D eigenvalue weighted by molar-refractivity contribution is 0.928. The van der Waals surface area contributed by atoms with Crippen LogP contribution in [0, 0.1) is 45.1 Å². The summed E-state index contributed by atoms with van der Waals surface area (Å²) in [5.41, 5.74) is 26.1.